The van der Waals surface area contributed by atoms with Crippen LogP contribution < -0.4 is 0 Å². The summed E-state index contributed by atoms with van der Waals surface area (Å²) in [5.74, 6) is 0.823. The lowest BCUT2D eigenvalue weighted by Gasteiger charge is -2.34. The lowest BCUT2D eigenvalue weighted by atomic mass is 9.72. The van der Waals surface area contributed by atoms with Crippen LogP contribution in [0.25, 0.3) is 0 Å². The van der Waals surface area contributed by atoms with Gasteiger partial charge >= 0.3 is 8.56 Å². The number of hydrogen-bond acceptors (Lipinski definition) is 3. The lowest BCUT2D eigenvalue weighted by molar-refractivity contribution is 0.186. The second-order valence-electron chi connectivity index (χ2n) is 7.88. The third kappa shape index (κ3) is 6.09. The molecule has 0 aromatic rings. The molecule has 1 aliphatic rings. The van der Waals surface area contributed by atoms with Crippen molar-refractivity contribution < 1.29 is 14.0 Å². The van der Waals surface area contributed by atoms with E-state index in [1.807, 2.05) is 13.8 Å². The highest BCUT2D eigenvalue weighted by Gasteiger charge is 2.33. The van der Waals surface area contributed by atoms with Crippen molar-refractivity contribution in [2.24, 2.45) is 11.3 Å². The van der Waals surface area contributed by atoms with Gasteiger partial charge in [-0.15, -0.1) is 0 Å². The van der Waals surface area contributed by atoms with E-state index in [1.165, 1.54) is 5.57 Å². The fourth-order valence-corrected chi connectivity index (χ4v) is 5.80. The Morgan fingerprint density at radius 1 is 1.22 bits per heavy atom. The van der Waals surface area contributed by atoms with Crippen molar-refractivity contribution in [2.45, 2.75) is 73.4 Å². The average molecular weight is 341 g/mol. The lowest BCUT2D eigenvalue weighted by Crippen LogP contribution is -2.38. The van der Waals surface area contributed by atoms with Crippen LogP contribution in [0.4, 0.5) is 0 Å². The van der Waals surface area contributed by atoms with Gasteiger partial charge < -0.3 is 14.0 Å². The minimum Gasteiger partial charge on any atom is -0.512 e. The maximum atomic E-state index is 10.7. The molecule has 23 heavy (non-hydrogen) atoms. The van der Waals surface area contributed by atoms with Crippen molar-refractivity contribution in [2.75, 3.05) is 13.2 Å². The van der Waals surface area contributed by atoms with Gasteiger partial charge in [-0.3, -0.25) is 0 Å². The van der Waals surface area contributed by atoms with Crippen molar-refractivity contribution >= 4 is 8.56 Å². The van der Waals surface area contributed by atoms with Gasteiger partial charge in [0.15, 0.2) is 0 Å². The molecule has 0 aliphatic heterocycles. The molecule has 0 saturated heterocycles. The minimum atomic E-state index is -2.05. The van der Waals surface area contributed by atoms with E-state index in [-0.39, 0.29) is 11.3 Å². The van der Waals surface area contributed by atoms with E-state index in [9.17, 15) is 5.11 Å². The van der Waals surface area contributed by atoms with Crippen LogP contribution in [-0.4, -0.2) is 26.9 Å². The molecule has 0 radical (unpaired) electrons. The molecular weight excluding hydrogens is 304 g/mol. The molecule has 0 heterocycles. The zero-order valence-corrected chi connectivity index (χ0v) is 17.2. The smallest absolute Gasteiger partial charge is 0.334 e. The van der Waals surface area contributed by atoms with Crippen molar-refractivity contribution in [3.8, 4) is 0 Å². The second kappa shape index (κ2) is 8.50. The Morgan fingerprint density at radius 3 is 2.26 bits per heavy atom. The fraction of sp³-hybridized carbons (Fsp3) is 0.789. The summed E-state index contributed by atoms with van der Waals surface area (Å²) in [7, 11) is -2.05. The Labute approximate surface area is 144 Å². The van der Waals surface area contributed by atoms with Crippen LogP contribution in [0.1, 0.15) is 60.8 Å². The van der Waals surface area contributed by atoms with Gasteiger partial charge in [0.05, 0.1) is 5.76 Å². The molecule has 0 saturated carbocycles. The maximum absolute atomic E-state index is 10.7. The van der Waals surface area contributed by atoms with E-state index in [0.29, 0.717) is 19.0 Å². The molecule has 4 heteroatoms. The summed E-state index contributed by atoms with van der Waals surface area (Å²) in [5.41, 5.74) is 2.57. The van der Waals surface area contributed by atoms with Gasteiger partial charge in [-0.05, 0) is 63.6 Å². The molecule has 0 aromatic carbocycles. The summed E-state index contributed by atoms with van der Waals surface area (Å²) >= 11 is 0. The van der Waals surface area contributed by atoms with E-state index in [1.54, 1.807) is 0 Å². The van der Waals surface area contributed by atoms with E-state index >= 15 is 0 Å². The van der Waals surface area contributed by atoms with Gasteiger partial charge in [0.2, 0.25) is 0 Å². The molecule has 0 amide bonds. The number of rotatable bonds is 8. The van der Waals surface area contributed by atoms with Crippen molar-refractivity contribution in [3.63, 3.8) is 0 Å². The Kier molecular flexibility index (Phi) is 7.56. The van der Waals surface area contributed by atoms with Gasteiger partial charge in [0.25, 0.3) is 0 Å². The van der Waals surface area contributed by atoms with Gasteiger partial charge in [0.1, 0.15) is 0 Å². The standard InChI is InChI=1S/C19H36O3Si/c1-8-21-23(7,22-9-2)12-10-11-16-13-15(3)14-17(18(16)20)19(4,5)6/h13,17,20H,8-12,14H2,1-7H3. The molecule has 0 spiro atoms. The molecule has 1 rings (SSSR count). The second-order valence-corrected chi connectivity index (χ2v) is 11.2. The summed E-state index contributed by atoms with van der Waals surface area (Å²) in [6.07, 6.45) is 5.04. The first kappa shape index (κ1) is 20.5. The van der Waals surface area contributed by atoms with E-state index in [4.69, 9.17) is 8.85 Å². The van der Waals surface area contributed by atoms with Crippen molar-refractivity contribution in [1.29, 1.82) is 0 Å². The number of hydrogen-bond donors (Lipinski definition) is 1. The van der Waals surface area contributed by atoms with Crippen LogP contribution in [0.15, 0.2) is 23.0 Å². The summed E-state index contributed by atoms with van der Waals surface area (Å²) in [6.45, 7) is 16.4. The molecule has 3 nitrogen and oxygen atoms in total. The van der Waals surface area contributed by atoms with Crippen LogP contribution in [0.3, 0.4) is 0 Å². The van der Waals surface area contributed by atoms with Gasteiger partial charge in [0, 0.05) is 19.1 Å². The molecule has 1 unspecified atom stereocenters. The molecule has 0 fully saturated rings. The molecule has 1 aliphatic carbocycles. The molecule has 134 valence electrons. The molecule has 0 bridgehead atoms. The molecule has 1 N–H and O–H groups in total. The quantitative estimate of drug-likeness (QED) is 0.573. The Bertz CT molecular complexity index is 440. The largest absolute Gasteiger partial charge is 0.512 e. The van der Waals surface area contributed by atoms with Crippen LogP contribution in [0, 0.1) is 11.3 Å². The Hall–Kier alpha value is -0.583. The average Bonchev–Trinajstić information content (AvgIpc) is 2.41. The third-order valence-electron chi connectivity index (χ3n) is 4.63. The van der Waals surface area contributed by atoms with Crippen LogP contribution in [-0.2, 0) is 8.85 Å². The highest BCUT2D eigenvalue weighted by molar-refractivity contribution is 6.66. The van der Waals surface area contributed by atoms with Gasteiger partial charge in [-0.2, -0.15) is 0 Å². The Balaban J connectivity index is 2.75. The fourth-order valence-electron chi connectivity index (χ4n) is 3.39. The monoisotopic (exact) mass is 340 g/mol. The maximum Gasteiger partial charge on any atom is 0.334 e. The van der Waals surface area contributed by atoms with Crippen LogP contribution in [0.2, 0.25) is 12.6 Å². The summed E-state index contributed by atoms with van der Waals surface area (Å²) in [6, 6.07) is 0.971. The third-order valence-corrected chi connectivity index (χ3v) is 7.69. The number of allylic oxidation sites excluding steroid dienone is 4. The topological polar surface area (TPSA) is 38.7 Å². The normalized spacial score (nSPS) is 20.0. The first-order valence-corrected chi connectivity index (χ1v) is 11.5. The highest BCUT2D eigenvalue weighted by atomic mass is 28.4. The molecular formula is C19H36O3Si. The predicted octanol–water partition coefficient (Wildman–Crippen LogP) is 5.74. The predicted molar refractivity (Wildman–Crippen MR) is 99.9 cm³/mol. The highest BCUT2D eigenvalue weighted by Crippen LogP contribution is 2.41. The minimum absolute atomic E-state index is 0.0881. The van der Waals surface area contributed by atoms with Gasteiger partial charge in [-0.25, -0.2) is 0 Å². The summed E-state index contributed by atoms with van der Waals surface area (Å²) < 4.78 is 11.8. The van der Waals surface area contributed by atoms with E-state index in [0.717, 1.165) is 30.9 Å². The van der Waals surface area contributed by atoms with Gasteiger partial charge in [-0.1, -0.05) is 32.4 Å². The van der Waals surface area contributed by atoms with Crippen molar-refractivity contribution in [3.05, 3.63) is 23.0 Å². The number of aliphatic hydroxyl groups is 1. The summed E-state index contributed by atoms with van der Waals surface area (Å²) in [4.78, 5) is 0. The van der Waals surface area contributed by atoms with E-state index in [2.05, 4.69) is 40.3 Å². The van der Waals surface area contributed by atoms with E-state index < -0.39 is 8.56 Å². The molecule has 0 aromatic heterocycles. The van der Waals surface area contributed by atoms with Crippen molar-refractivity contribution in [1.82, 2.24) is 0 Å². The van der Waals surface area contributed by atoms with Crippen LogP contribution >= 0.6 is 0 Å². The molecule has 1 atom stereocenters. The number of aliphatic hydroxyl groups excluding tert-OH is 1. The first-order chi connectivity index (χ1) is 10.6. The van der Waals surface area contributed by atoms with Crippen LogP contribution in [0.5, 0.6) is 0 Å². The SMILES string of the molecule is CCO[Si](C)(CCCC1=C(O)C(C(C)(C)C)CC(C)=C1)OCC. The first-order valence-electron chi connectivity index (χ1n) is 9.00. The zero-order chi connectivity index (χ0) is 17.7. The Morgan fingerprint density at radius 2 is 1.78 bits per heavy atom. The summed E-state index contributed by atoms with van der Waals surface area (Å²) in [5, 5.41) is 10.7. The zero-order valence-electron chi connectivity index (χ0n) is 16.2.